The Balaban J connectivity index is 0.00000132. The van der Waals surface area contributed by atoms with Gasteiger partial charge in [-0.25, -0.2) is 4.39 Å². The predicted molar refractivity (Wildman–Crippen MR) is 93.3 cm³/mol. The molecule has 2 aliphatic heterocycles. The molecule has 4 nitrogen and oxygen atoms in total. The lowest BCUT2D eigenvalue weighted by Gasteiger charge is -2.41. The van der Waals surface area contributed by atoms with Gasteiger partial charge in [0, 0.05) is 45.4 Å². The zero-order valence-corrected chi connectivity index (χ0v) is 14.7. The van der Waals surface area contributed by atoms with E-state index in [2.05, 4.69) is 10.2 Å². The van der Waals surface area contributed by atoms with Crippen molar-refractivity contribution in [2.24, 2.45) is 5.92 Å². The molecule has 1 atom stereocenters. The van der Waals surface area contributed by atoms with E-state index in [0.29, 0.717) is 5.92 Å². The lowest BCUT2D eigenvalue weighted by atomic mass is 9.85. The number of nitrogens with one attached hydrogen (secondary N) is 1. The number of nitrogens with zero attached hydrogens (tertiary/aromatic N) is 1. The van der Waals surface area contributed by atoms with Crippen LogP contribution in [-0.4, -0.2) is 49.4 Å². The molecule has 0 bridgehead atoms. The van der Waals surface area contributed by atoms with Crippen LogP contribution in [0, 0.1) is 11.7 Å². The summed E-state index contributed by atoms with van der Waals surface area (Å²) < 4.78 is 19.2. The second kappa shape index (κ2) is 9.64. The minimum absolute atomic E-state index is 0. The average molecular weight is 367 g/mol. The van der Waals surface area contributed by atoms with Crippen molar-refractivity contribution in [2.75, 3.05) is 39.4 Å². The van der Waals surface area contributed by atoms with Gasteiger partial charge in [0.05, 0.1) is 0 Å². The number of hydrogen-bond acceptors (Lipinski definition) is 4. The first-order valence-electron chi connectivity index (χ1n) is 7.76. The zero-order valence-electron chi connectivity index (χ0n) is 13.0. The van der Waals surface area contributed by atoms with E-state index in [4.69, 9.17) is 4.74 Å². The Hall–Kier alpha value is -0.590. The Morgan fingerprint density at radius 3 is 2.43 bits per heavy atom. The lowest BCUT2D eigenvalue weighted by Crippen LogP contribution is -2.47. The molecule has 0 radical (unpaired) electrons. The van der Waals surface area contributed by atoms with Crippen LogP contribution in [0.2, 0.25) is 0 Å². The van der Waals surface area contributed by atoms with Crippen molar-refractivity contribution in [1.82, 2.24) is 10.2 Å². The van der Waals surface area contributed by atoms with Crippen molar-refractivity contribution in [3.63, 3.8) is 0 Å². The van der Waals surface area contributed by atoms with Crippen molar-refractivity contribution in [3.05, 3.63) is 29.6 Å². The van der Waals surface area contributed by atoms with Gasteiger partial charge < -0.3 is 15.2 Å². The maximum absolute atomic E-state index is 13.8. The Morgan fingerprint density at radius 2 is 1.83 bits per heavy atom. The molecule has 2 aliphatic rings. The molecule has 2 N–H and O–H groups in total. The van der Waals surface area contributed by atoms with Gasteiger partial charge in [0.25, 0.3) is 0 Å². The van der Waals surface area contributed by atoms with Crippen LogP contribution >= 0.6 is 24.8 Å². The molecule has 23 heavy (non-hydrogen) atoms. The molecule has 2 heterocycles. The van der Waals surface area contributed by atoms with Crippen LogP contribution in [0.5, 0.6) is 5.75 Å². The fraction of sp³-hybridized carbons (Fsp3) is 0.625. The second-order valence-electron chi connectivity index (χ2n) is 5.89. The first-order valence-corrected chi connectivity index (χ1v) is 7.76. The predicted octanol–water partition coefficient (Wildman–Crippen LogP) is 2.75. The number of phenols is 1. The van der Waals surface area contributed by atoms with E-state index < -0.39 is 5.82 Å². The third kappa shape index (κ3) is 4.94. The minimum atomic E-state index is -0.528. The summed E-state index contributed by atoms with van der Waals surface area (Å²) in [6, 6.07) is 5.04. The van der Waals surface area contributed by atoms with E-state index >= 15 is 0 Å². The van der Waals surface area contributed by atoms with E-state index in [1.807, 2.05) is 6.07 Å². The van der Waals surface area contributed by atoms with Gasteiger partial charge in [0.1, 0.15) is 0 Å². The van der Waals surface area contributed by atoms with Crippen molar-refractivity contribution >= 4 is 24.8 Å². The molecule has 2 fully saturated rings. The molecule has 132 valence electrons. The summed E-state index contributed by atoms with van der Waals surface area (Å²) in [5, 5.41) is 12.8. The standard InChI is InChI=1S/C16H23FN2O2.2ClH/c17-14-11-13(1-2-15(14)20)16(12-3-9-21-10-4-12)19-7-5-18-6-8-19;;/h1-2,11-12,16,18,20H,3-10H2;2*1H/t16-;;/m1../s1. The van der Waals surface area contributed by atoms with Gasteiger partial charge in [0.2, 0.25) is 0 Å². The van der Waals surface area contributed by atoms with Crippen molar-refractivity contribution in [2.45, 2.75) is 18.9 Å². The Bertz CT molecular complexity index is 463. The lowest BCUT2D eigenvalue weighted by molar-refractivity contribution is 0.0212. The molecule has 0 aromatic heterocycles. The molecule has 7 heteroatoms. The zero-order chi connectivity index (χ0) is 14.7. The van der Waals surface area contributed by atoms with E-state index in [0.717, 1.165) is 57.8 Å². The number of ether oxygens (including phenoxy) is 1. The fourth-order valence-electron chi connectivity index (χ4n) is 3.48. The van der Waals surface area contributed by atoms with Crippen LogP contribution in [0.15, 0.2) is 18.2 Å². The second-order valence-corrected chi connectivity index (χ2v) is 5.89. The Kier molecular flexibility index (Phi) is 8.58. The van der Waals surface area contributed by atoms with E-state index in [-0.39, 0.29) is 36.6 Å². The molecule has 2 saturated heterocycles. The molecule has 0 saturated carbocycles. The van der Waals surface area contributed by atoms with Crippen LogP contribution in [0.1, 0.15) is 24.4 Å². The van der Waals surface area contributed by atoms with Crippen LogP contribution in [0.25, 0.3) is 0 Å². The number of piperazine rings is 1. The number of rotatable bonds is 3. The van der Waals surface area contributed by atoms with Crippen LogP contribution in [-0.2, 0) is 4.74 Å². The molecular weight excluding hydrogens is 342 g/mol. The maximum atomic E-state index is 13.8. The third-order valence-corrected chi connectivity index (χ3v) is 4.57. The smallest absolute Gasteiger partial charge is 0.165 e. The van der Waals surface area contributed by atoms with Crippen LogP contribution in [0.4, 0.5) is 4.39 Å². The highest BCUT2D eigenvalue weighted by molar-refractivity contribution is 5.85. The number of aromatic hydroxyl groups is 1. The Labute approximate surface area is 149 Å². The van der Waals surface area contributed by atoms with Crippen LogP contribution < -0.4 is 5.32 Å². The van der Waals surface area contributed by atoms with Crippen LogP contribution in [0.3, 0.4) is 0 Å². The topological polar surface area (TPSA) is 44.7 Å². The highest BCUT2D eigenvalue weighted by Crippen LogP contribution is 2.36. The van der Waals surface area contributed by atoms with Gasteiger partial charge in [-0.1, -0.05) is 6.07 Å². The average Bonchev–Trinajstić information content (AvgIpc) is 2.53. The van der Waals surface area contributed by atoms with E-state index in [1.54, 1.807) is 0 Å². The van der Waals surface area contributed by atoms with Gasteiger partial charge in [-0.15, -0.1) is 24.8 Å². The maximum Gasteiger partial charge on any atom is 0.165 e. The molecule has 1 aromatic rings. The molecule has 0 aliphatic carbocycles. The summed E-state index contributed by atoms with van der Waals surface area (Å²) in [4.78, 5) is 2.44. The van der Waals surface area contributed by atoms with E-state index in [1.165, 1.54) is 12.1 Å². The molecule has 0 spiro atoms. The van der Waals surface area contributed by atoms with Crippen molar-refractivity contribution in [1.29, 1.82) is 0 Å². The summed E-state index contributed by atoms with van der Waals surface area (Å²) >= 11 is 0. The van der Waals surface area contributed by atoms with Gasteiger partial charge in [-0.2, -0.15) is 0 Å². The summed E-state index contributed by atoms with van der Waals surface area (Å²) in [5.41, 5.74) is 0.971. The number of hydrogen-bond donors (Lipinski definition) is 2. The quantitative estimate of drug-likeness (QED) is 0.863. The summed E-state index contributed by atoms with van der Waals surface area (Å²) in [6.45, 7) is 5.47. The molecule has 1 aromatic carbocycles. The Morgan fingerprint density at radius 1 is 1.17 bits per heavy atom. The molecular formula is C16H25Cl2FN2O2. The summed E-state index contributed by atoms with van der Waals surface area (Å²) in [5.74, 6) is -0.315. The van der Waals surface area contributed by atoms with E-state index in [9.17, 15) is 9.50 Å². The summed E-state index contributed by atoms with van der Waals surface area (Å²) in [7, 11) is 0. The van der Waals surface area contributed by atoms with Gasteiger partial charge in [0.15, 0.2) is 11.6 Å². The first kappa shape index (κ1) is 20.5. The largest absolute Gasteiger partial charge is 0.505 e. The SMILES string of the molecule is Cl.Cl.Oc1ccc([C@@H](C2CCOCC2)N2CCNCC2)cc1F. The number of halogens is 3. The third-order valence-electron chi connectivity index (χ3n) is 4.57. The van der Waals surface area contributed by atoms with Gasteiger partial charge >= 0.3 is 0 Å². The number of benzene rings is 1. The van der Waals surface area contributed by atoms with Crippen molar-refractivity contribution < 1.29 is 14.2 Å². The number of phenolic OH excluding ortho intramolecular Hbond substituents is 1. The molecule has 3 rings (SSSR count). The van der Waals surface area contributed by atoms with Gasteiger partial charge in [-0.3, -0.25) is 4.90 Å². The summed E-state index contributed by atoms with van der Waals surface area (Å²) in [6.07, 6.45) is 2.02. The molecule has 0 unspecified atom stereocenters. The highest BCUT2D eigenvalue weighted by Gasteiger charge is 2.31. The van der Waals surface area contributed by atoms with Gasteiger partial charge in [-0.05, 0) is 36.5 Å². The monoisotopic (exact) mass is 366 g/mol. The highest BCUT2D eigenvalue weighted by atomic mass is 35.5. The molecule has 0 amide bonds. The normalized spacial score (nSPS) is 21.1. The van der Waals surface area contributed by atoms with Crippen molar-refractivity contribution in [3.8, 4) is 5.75 Å². The first-order chi connectivity index (χ1) is 10.3. The fourth-order valence-corrected chi connectivity index (χ4v) is 3.48. The minimum Gasteiger partial charge on any atom is -0.505 e.